The molecule has 0 aliphatic heterocycles. The molecule has 0 fully saturated rings. The topological polar surface area (TPSA) is 85.6 Å². The van der Waals surface area contributed by atoms with Crippen LogP contribution in [0, 0.1) is 0 Å². The molecular formula is C18H15N5O2. The minimum Gasteiger partial charge on any atom is -0.355 e. The molecule has 4 rings (SSSR count). The lowest BCUT2D eigenvalue weighted by molar-refractivity contribution is 0.502. The monoisotopic (exact) mass is 333 g/mol. The molecule has 0 amide bonds. The van der Waals surface area contributed by atoms with Gasteiger partial charge in [-0.1, -0.05) is 30.3 Å². The number of aromatic nitrogens is 5. The first-order chi connectivity index (χ1) is 12.2. The third-order valence-electron chi connectivity index (χ3n) is 4.02. The van der Waals surface area contributed by atoms with Crippen LogP contribution in [0.25, 0.3) is 22.3 Å². The van der Waals surface area contributed by atoms with Crippen LogP contribution in [0.4, 0.5) is 0 Å². The third-order valence-corrected chi connectivity index (χ3v) is 4.02. The van der Waals surface area contributed by atoms with E-state index >= 15 is 0 Å². The van der Waals surface area contributed by atoms with Crippen LogP contribution in [-0.2, 0) is 13.1 Å². The summed E-state index contributed by atoms with van der Waals surface area (Å²) in [5.41, 5.74) is 2.36. The fraction of sp³-hybridized carbons (Fsp3) is 0.111. The van der Waals surface area contributed by atoms with Crippen molar-refractivity contribution in [2.45, 2.75) is 13.1 Å². The molecule has 0 saturated carbocycles. The molecule has 1 N–H and O–H groups in total. The van der Waals surface area contributed by atoms with Gasteiger partial charge in [-0.3, -0.25) is 14.2 Å². The molecule has 0 atom stereocenters. The van der Waals surface area contributed by atoms with Crippen LogP contribution < -0.4 is 11.1 Å². The average molecular weight is 333 g/mol. The number of nitrogens with zero attached hydrogens (tertiary/aromatic N) is 4. The average Bonchev–Trinajstić information content (AvgIpc) is 3.13. The molecule has 0 saturated heterocycles. The molecule has 0 bridgehead atoms. The lowest BCUT2D eigenvalue weighted by atomic mass is 10.1. The highest BCUT2D eigenvalue weighted by atomic mass is 16.1. The number of aryl methyl sites for hydroxylation is 2. The van der Waals surface area contributed by atoms with E-state index in [-0.39, 0.29) is 17.7 Å². The Balaban J connectivity index is 1.63. The molecule has 3 aromatic heterocycles. The maximum absolute atomic E-state index is 12.4. The van der Waals surface area contributed by atoms with E-state index in [1.165, 1.54) is 21.6 Å². The molecule has 0 spiro atoms. The fourth-order valence-electron chi connectivity index (χ4n) is 2.70. The summed E-state index contributed by atoms with van der Waals surface area (Å²) >= 11 is 0. The zero-order valence-corrected chi connectivity index (χ0v) is 13.3. The number of fused-ring (bicyclic) bond motifs is 1. The number of benzene rings is 1. The second-order valence-electron chi connectivity index (χ2n) is 5.63. The Kier molecular flexibility index (Phi) is 3.74. The summed E-state index contributed by atoms with van der Waals surface area (Å²) in [6, 6.07) is 14.6. The van der Waals surface area contributed by atoms with Crippen LogP contribution in [0.3, 0.4) is 0 Å². The van der Waals surface area contributed by atoms with Crippen molar-refractivity contribution < 1.29 is 0 Å². The molecule has 0 aliphatic carbocycles. The van der Waals surface area contributed by atoms with Crippen molar-refractivity contribution >= 4 is 11.0 Å². The summed E-state index contributed by atoms with van der Waals surface area (Å²) < 4.78 is 2.84. The summed E-state index contributed by atoms with van der Waals surface area (Å²) in [4.78, 5) is 31.6. The highest BCUT2D eigenvalue weighted by Gasteiger charge is 2.07. The van der Waals surface area contributed by atoms with Crippen LogP contribution >= 0.6 is 0 Å². The zero-order valence-electron chi connectivity index (χ0n) is 13.3. The first-order valence-corrected chi connectivity index (χ1v) is 7.88. The van der Waals surface area contributed by atoms with Gasteiger partial charge in [0.2, 0.25) is 0 Å². The quantitative estimate of drug-likeness (QED) is 0.615. The third kappa shape index (κ3) is 2.87. The van der Waals surface area contributed by atoms with Crippen LogP contribution in [-0.4, -0.2) is 24.3 Å². The van der Waals surface area contributed by atoms with Gasteiger partial charge >= 0.3 is 0 Å². The normalized spacial score (nSPS) is 11.0. The summed E-state index contributed by atoms with van der Waals surface area (Å²) in [6.45, 7) is 0.596. The van der Waals surface area contributed by atoms with Gasteiger partial charge in [0.05, 0.1) is 24.1 Å². The molecule has 0 aliphatic rings. The molecule has 7 heteroatoms. The van der Waals surface area contributed by atoms with Gasteiger partial charge in [-0.05, 0) is 12.1 Å². The smallest absolute Gasteiger partial charge is 0.277 e. The number of nitrogens with one attached hydrogen (secondary N) is 1. The SMILES string of the molecule is O=c1c2[nH]ccc2ncn1CCn1nc(-c2ccccc2)ccc1=O. The second-order valence-corrected chi connectivity index (χ2v) is 5.63. The number of hydrogen-bond donors (Lipinski definition) is 1. The van der Waals surface area contributed by atoms with Crippen molar-refractivity contribution in [1.29, 1.82) is 0 Å². The molecule has 3 heterocycles. The van der Waals surface area contributed by atoms with Gasteiger partial charge < -0.3 is 4.98 Å². The summed E-state index contributed by atoms with van der Waals surface area (Å²) in [6.07, 6.45) is 3.17. The maximum atomic E-state index is 12.4. The Hall–Kier alpha value is -3.48. The number of hydrogen-bond acceptors (Lipinski definition) is 4. The first-order valence-electron chi connectivity index (χ1n) is 7.88. The van der Waals surface area contributed by atoms with Crippen LogP contribution in [0.15, 0.2) is 70.6 Å². The van der Waals surface area contributed by atoms with Crippen molar-refractivity contribution in [3.8, 4) is 11.3 Å². The van der Waals surface area contributed by atoms with E-state index in [9.17, 15) is 9.59 Å². The first kappa shape index (κ1) is 15.1. The Morgan fingerprint density at radius 1 is 0.960 bits per heavy atom. The largest absolute Gasteiger partial charge is 0.355 e. The number of H-pyrrole nitrogens is 1. The van der Waals surface area contributed by atoms with Gasteiger partial charge in [0.25, 0.3) is 11.1 Å². The van der Waals surface area contributed by atoms with Gasteiger partial charge in [0.15, 0.2) is 0 Å². The Labute approximate surface area is 142 Å². The minimum absolute atomic E-state index is 0.165. The van der Waals surface area contributed by atoms with Gasteiger partial charge in [-0.25, -0.2) is 9.67 Å². The summed E-state index contributed by atoms with van der Waals surface area (Å²) in [5.74, 6) is 0. The Bertz CT molecular complexity index is 1140. The molecule has 7 nitrogen and oxygen atoms in total. The lowest BCUT2D eigenvalue weighted by Gasteiger charge is -2.09. The molecule has 0 radical (unpaired) electrons. The number of aromatic amines is 1. The van der Waals surface area contributed by atoms with E-state index in [4.69, 9.17) is 0 Å². The Morgan fingerprint density at radius 2 is 1.80 bits per heavy atom. The van der Waals surface area contributed by atoms with E-state index in [0.29, 0.717) is 23.3 Å². The summed E-state index contributed by atoms with van der Waals surface area (Å²) in [7, 11) is 0. The predicted octanol–water partition coefficient (Wildman–Crippen LogP) is 1.65. The highest BCUT2D eigenvalue weighted by molar-refractivity contribution is 5.73. The fourth-order valence-corrected chi connectivity index (χ4v) is 2.70. The van der Waals surface area contributed by atoms with Crippen LogP contribution in [0.2, 0.25) is 0 Å². The van der Waals surface area contributed by atoms with Crippen LogP contribution in [0.1, 0.15) is 0 Å². The van der Waals surface area contributed by atoms with Gasteiger partial charge in [-0.2, -0.15) is 5.10 Å². The van der Waals surface area contributed by atoms with Gasteiger partial charge in [0, 0.05) is 24.4 Å². The van der Waals surface area contributed by atoms with E-state index in [0.717, 1.165) is 5.56 Å². The molecule has 0 unspecified atom stereocenters. The molecule has 4 aromatic rings. The number of rotatable bonds is 4. The van der Waals surface area contributed by atoms with Crippen molar-refractivity contribution in [3.05, 3.63) is 81.8 Å². The van der Waals surface area contributed by atoms with E-state index in [1.54, 1.807) is 18.3 Å². The van der Waals surface area contributed by atoms with Gasteiger partial charge in [-0.15, -0.1) is 0 Å². The van der Waals surface area contributed by atoms with Crippen molar-refractivity contribution in [2.24, 2.45) is 0 Å². The molecule has 25 heavy (non-hydrogen) atoms. The van der Waals surface area contributed by atoms with E-state index in [2.05, 4.69) is 15.1 Å². The highest BCUT2D eigenvalue weighted by Crippen LogP contribution is 2.13. The van der Waals surface area contributed by atoms with E-state index in [1.807, 2.05) is 30.3 Å². The Morgan fingerprint density at radius 3 is 2.64 bits per heavy atom. The molecule has 1 aromatic carbocycles. The lowest BCUT2D eigenvalue weighted by Crippen LogP contribution is -2.28. The van der Waals surface area contributed by atoms with Crippen molar-refractivity contribution in [2.75, 3.05) is 0 Å². The zero-order chi connectivity index (χ0) is 17.2. The van der Waals surface area contributed by atoms with Crippen molar-refractivity contribution in [1.82, 2.24) is 24.3 Å². The molecular weight excluding hydrogens is 318 g/mol. The molecule has 124 valence electrons. The van der Waals surface area contributed by atoms with E-state index < -0.39 is 0 Å². The van der Waals surface area contributed by atoms with Gasteiger partial charge in [0.1, 0.15) is 5.52 Å². The summed E-state index contributed by atoms with van der Waals surface area (Å²) in [5, 5.41) is 4.40. The minimum atomic E-state index is -0.207. The predicted molar refractivity (Wildman–Crippen MR) is 94.3 cm³/mol. The standard InChI is InChI=1S/C18H15N5O2/c24-16-7-6-14(13-4-2-1-3-5-13)21-23(16)11-10-22-12-20-15-8-9-19-17(15)18(22)25/h1-9,12,19H,10-11H2. The second kappa shape index (κ2) is 6.20. The van der Waals surface area contributed by atoms with Crippen LogP contribution in [0.5, 0.6) is 0 Å². The maximum Gasteiger partial charge on any atom is 0.277 e. The van der Waals surface area contributed by atoms with Crippen molar-refractivity contribution in [3.63, 3.8) is 0 Å².